The smallest absolute Gasteiger partial charge is 0.317 e. The van der Waals surface area contributed by atoms with E-state index in [0.29, 0.717) is 13.1 Å². The summed E-state index contributed by atoms with van der Waals surface area (Å²) in [5.74, 6) is 0. The topological polar surface area (TPSA) is 151 Å². The molecular formula is C36H44N6O6. The van der Waals surface area contributed by atoms with Gasteiger partial charge >= 0.3 is 12.1 Å². The van der Waals surface area contributed by atoms with Gasteiger partial charge < -0.3 is 20.4 Å². The van der Waals surface area contributed by atoms with Gasteiger partial charge in [0.15, 0.2) is 0 Å². The van der Waals surface area contributed by atoms with Crippen LogP contribution in [0.2, 0.25) is 0 Å². The van der Waals surface area contributed by atoms with Gasteiger partial charge in [0.2, 0.25) is 0 Å². The Bertz CT molecular complexity index is 1470. The first kappa shape index (κ1) is 34.3. The molecular weight excluding hydrogens is 612 g/mol. The molecule has 2 aliphatic carbocycles. The van der Waals surface area contributed by atoms with Crippen molar-refractivity contribution < 1.29 is 19.4 Å². The van der Waals surface area contributed by atoms with Crippen LogP contribution in [0.1, 0.15) is 88.2 Å². The Kier molecular flexibility index (Phi) is 12.0. The van der Waals surface area contributed by atoms with Crippen molar-refractivity contribution in [2.75, 3.05) is 10.6 Å². The van der Waals surface area contributed by atoms with E-state index in [1.807, 2.05) is 24.3 Å². The number of benzene rings is 3. The van der Waals surface area contributed by atoms with Gasteiger partial charge in [-0.3, -0.25) is 20.2 Å². The SMILES string of the molecule is O=C(Nc1ccccc1[N+](=O)[O-])N(Cc1cccc(CN(C(=O)Nc2ccccc2[N+](=O)[O-])C2CCCCCC2)c1)C1CCCCCC1. The van der Waals surface area contributed by atoms with E-state index in [9.17, 15) is 29.8 Å². The third-order valence-electron chi connectivity index (χ3n) is 9.43. The van der Waals surface area contributed by atoms with Gasteiger partial charge in [-0.1, -0.05) is 99.9 Å². The number of carbonyl (C=O) groups excluding carboxylic acids is 2. The van der Waals surface area contributed by atoms with Crippen LogP contribution < -0.4 is 10.6 Å². The van der Waals surface area contributed by atoms with Crippen molar-refractivity contribution in [3.63, 3.8) is 0 Å². The standard InChI is InChI=1S/C36H44N6O6/c43-35(37-31-20-9-11-22-33(31)41(45)46)39(29-16-5-1-2-6-17-29)25-27-14-13-15-28(24-27)26-40(30-18-7-3-4-8-19-30)36(44)38-32-21-10-12-23-34(32)42(47)48/h9-15,20-24,29-30H,1-8,16-19,25-26H2,(H,37,43)(H,38,44). The minimum absolute atomic E-state index is 0.0196. The average molecular weight is 657 g/mol. The first-order chi connectivity index (χ1) is 23.3. The van der Waals surface area contributed by atoms with Crippen LogP contribution in [0.5, 0.6) is 0 Å². The summed E-state index contributed by atoms with van der Waals surface area (Å²) in [4.78, 5) is 53.5. The summed E-state index contributed by atoms with van der Waals surface area (Å²) in [6, 6.07) is 19.3. The van der Waals surface area contributed by atoms with E-state index < -0.39 is 9.85 Å². The van der Waals surface area contributed by atoms with Crippen molar-refractivity contribution in [1.82, 2.24) is 9.80 Å². The largest absolute Gasteiger partial charge is 0.322 e. The van der Waals surface area contributed by atoms with Crippen molar-refractivity contribution in [1.29, 1.82) is 0 Å². The minimum atomic E-state index is -0.499. The number of rotatable bonds is 10. The van der Waals surface area contributed by atoms with Gasteiger partial charge in [0, 0.05) is 37.3 Å². The second-order valence-corrected chi connectivity index (χ2v) is 12.8. The van der Waals surface area contributed by atoms with Crippen LogP contribution in [0.25, 0.3) is 0 Å². The van der Waals surface area contributed by atoms with E-state index in [1.165, 1.54) is 12.1 Å². The lowest BCUT2D eigenvalue weighted by Crippen LogP contribution is -2.43. The molecule has 3 aromatic rings. The van der Waals surface area contributed by atoms with Crippen molar-refractivity contribution in [3.05, 3.63) is 104 Å². The molecule has 48 heavy (non-hydrogen) atoms. The van der Waals surface area contributed by atoms with Gasteiger partial charge in [-0.25, -0.2) is 9.59 Å². The quantitative estimate of drug-likeness (QED) is 0.126. The number of urea groups is 2. The first-order valence-electron chi connectivity index (χ1n) is 17.0. The summed E-state index contributed by atoms with van der Waals surface area (Å²) < 4.78 is 0. The Balaban J connectivity index is 1.39. The zero-order valence-electron chi connectivity index (χ0n) is 27.2. The fourth-order valence-electron chi connectivity index (χ4n) is 6.94. The monoisotopic (exact) mass is 656 g/mol. The van der Waals surface area contributed by atoms with Gasteiger partial charge in [-0.2, -0.15) is 0 Å². The summed E-state index contributed by atoms with van der Waals surface area (Å²) in [6.07, 6.45) is 11.9. The fraction of sp³-hybridized carbons (Fsp3) is 0.444. The van der Waals surface area contributed by atoms with E-state index in [-0.39, 0.29) is 46.9 Å². The predicted octanol–water partition coefficient (Wildman–Crippen LogP) is 9.02. The summed E-state index contributed by atoms with van der Waals surface area (Å²) in [7, 11) is 0. The van der Waals surface area contributed by atoms with Crippen molar-refractivity contribution in [2.45, 2.75) is 102 Å². The second kappa shape index (κ2) is 16.7. The molecule has 0 saturated heterocycles. The molecule has 0 atom stereocenters. The molecule has 5 rings (SSSR count). The number of hydrogen-bond acceptors (Lipinski definition) is 6. The number of anilines is 2. The zero-order valence-corrected chi connectivity index (χ0v) is 27.2. The molecule has 12 heteroatoms. The highest BCUT2D eigenvalue weighted by Crippen LogP contribution is 2.30. The highest BCUT2D eigenvalue weighted by molar-refractivity contribution is 5.92. The van der Waals surface area contributed by atoms with Crippen LogP contribution >= 0.6 is 0 Å². The molecule has 254 valence electrons. The zero-order chi connectivity index (χ0) is 33.9. The van der Waals surface area contributed by atoms with E-state index >= 15 is 0 Å². The number of para-hydroxylation sites is 4. The van der Waals surface area contributed by atoms with Crippen molar-refractivity contribution >= 4 is 34.8 Å². The van der Waals surface area contributed by atoms with E-state index in [0.717, 1.165) is 88.2 Å². The van der Waals surface area contributed by atoms with Crippen LogP contribution in [-0.4, -0.2) is 43.8 Å². The van der Waals surface area contributed by atoms with Gasteiger partial charge in [0.1, 0.15) is 11.4 Å². The minimum Gasteiger partial charge on any atom is -0.317 e. The third-order valence-corrected chi connectivity index (χ3v) is 9.43. The molecule has 0 aromatic heterocycles. The maximum absolute atomic E-state index is 13.8. The maximum atomic E-state index is 13.8. The lowest BCUT2D eigenvalue weighted by Gasteiger charge is -2.33. The van der Waals surface area contributed by atoms with Crippen molar-refractivity contribution in [2.24, 2.45) is 0 Å². The first-order valence-corrected chi connectivity index (χ1v) is 17.0. The van der Waals surface area contributed by atoms with E-state index in [1.54, 1.807) is 46.2 Å². The van der Waals surface area contributed by atoms with Gasteiger partial charge in [0.05, 0.1) is 9.85 Å². The molecule has 0 bridgehead atoms. The van der Waals surface area contributed by atoms with Gasteiger partial charge in [-0.05, 0) is 48.9 Å². The molecule has 0 radical (unpaired) electrons. The number of amides is 4. The number of nitrogens with one attached hydrogen (secondary N) is 2. The molecule has 0 heterocycles. The molecule has 12 nitrogen and oxygen atoms in total. The molecule has 0 aliphatic heterocycles. The lowest BCUT2D eigenvalue weighted by atomic mass is 10.0. The maximum Gasteiger partial charge on any atom is 0.322 e. The molecule has 4 amide bonds. The Morgan fingerprint density at radius 3 is 1.33 bits per heavy atom. The molecule has 0 spiro atoms. The lowest BCUT2D eigenvalue weighted by molar-refractivity contribution is -0.384. The van der Waals surface area contributed by atoms with Crippen LogP contribution in [-0.2, 0) is 13.1 Å². The Labute approximate surface area is 280 Å². The molecule has 2 saturated carbocycles. The highest BCUT2D eigenvalue weighted by Gasteiger charge is 2.29. The van der Waals surface area contributed by atoms with Gasteiger partial charge in [-0.15, -0.1) is 0 Å². The molecule has 3 aromatic carbocycles. The van der Waals surface area contributed by atoms with E-state index in [4.69, 9.17) is 0 Å². The second-order valence-electron chi connectivity index (χ2n) is 12.8. The molecule has 2 aliphatic rings. The predicted molar refractivity (Wildman–Crippen MR) is 185 cm³/mol. The molecule has 2 fully saturated rings. The summed E-state index contributed by atoms with van der Waals surface area (Å²) >= 11 is 0. The van der Waals surface area contributed by atoms with Crippen LogP contribution in [0.3, 0.4) is 0 Å². The summed E-state index contributed by atoms with van der Waals surface area (Å²) in [5, 5.41) is 28.9. The average Bonchev–Trinajstić information content (AvgIpc) is 3.53. The number of nitrogens with zero attached hydrogens (tertiary/aromatic N) is 4. The number of nitro benzene ring substituents is 2. The highest BCUT2D eigenvalue weighted by atomic mass is 16.6. The summed E-state index contributed by atoms with van der Waals surface area (Å²) in [5.41, 5.74) is 1.76. The fourth-order valence-corrected chi connectivity index (χ4v) is 6.94. The Hall–Kier alpha value is -5.00. The number of nitro groups is 2. The Morgan fingerprint density at radius 2 is 0.958 bits per heavy atom. The normalized spacial score (nSPS) is 15.8. The molecule has 0 unspecified atom stereocenters. The number of hydrogen-bond donors (Lipinski definition) is 2. The van der Waals surface area contributed by atoms with Crippen LogP contribution in [0.15, 0.2) is 72.8 Å². The third kappa shape index (κ3) is 9.08. The van der Waals surface area contributed by atoms with Crippen molar-refractivity contribution in [3.8, 4) is 0 Å². The van der Waals surface area contributed by atoms with Gasteiger partial charge in [0.25, 0.3) is 11.4 Å². The van der Waals surface area contributed by atoms with E-state index in [2.05, 4.69) is 10.6 Å². The summed E-state index contributed by atoms with van der Waals surface area (Å²) in [6.45, 7) is 0.605. The van der Waals surface area contributed by atoms with Crippen LogP contribution in [0, 0.1) is 20.2 Å². The Morgan fingerprint density at radius 1 is 0.583 bits per heavy atom. The number of carbonyl (C=O) groups is 2. The molecule has 2 N–H and O–H groups in total. The van der Waals surface area contributed by atoms with Crippen LogP contribution in [0.4, 0.5) is 32.3 Å².